The van der Waals surface area contributed by atoms with Crippen molar-refractivity contribution in [2.24, 2.45) is 0 Å². The van der Waals surface area contributed by atoms with Gasteiger partial charge in [-0.3, -0.25) is 4.79 Å². The van der Waals surface area contributed by atoms with Crippen LogP contribution in [-0.2, 0) is 0 Å². The number of nitrogen functional groups attached to an aromatic ring is 1. The van der Waals surface area contributed by atoms with E-state index in [0.29, 0.717) is 27.6 Å². The molecule has 1 aromatic heterocycles. The van der Waals surface area contributed by atoms with Crippen LogP contribution < -0.4 is 11.1 Å². The standard InChI is InChI=1S/C22H19FN4O/c1-3-5-20(13(2)24)27-22(28)19-12-26-21(25)18-11-15(8-9-17(18)19)14-6-4-7-16(23)10-14/h3-12,24H,1H2,2H3,(H2,25,26)(H,27,28)/b20-5+,24-13?. The second-order valence-electron chi connectivity index (χ2n) is 6.22. The van der Waals surface area contributed by atoms with Crippen LogP contribution in [0.2, 0.25) is 0 Å². The number of nitrogens with one attached hydrogen (secondary N) is 2. The Balaban J connectivity index is 2.07. The van der Waals surface area contributed by atoms with E-state index in [1.807, 2.05) is 0 Å². The molecular weight excluding hydrogens is 355 g/mol. The molecule has 5 nitrogen and oxygen atoms in total. The molecule has 3 rings (SSSR count). The van der Waals surface area contributed by atoms with Crippen LogP contribution in [0, 0.1) is 11.2 Å². The third kappa shape index (κ3) is 3.81. The molecule has 0 atom stereocenters. The van der Waals surface area contributed by atoms with Crippen molar-refractivity contribution in [3.05, 3.63) is 84.5 Å². The Hall–Kier alpha value is -3.80. The van der Waals surface area contributed by atoms with Crippen LogP contribution in [0.15, 0.2) is 73.1 Å². The summed E-state index contributed by atoms with van der Waals surface area (Å²) in [4.78, 5) is 16.9. The summed E-state index contributed by atoms with van der Waals surface area (Å²) in [6, 6.07) is 11.6. The molecule has 1 amide bonds. The maximum absolute atomic E-state index is 13.5. The van der Waals surface area contributed by atoms with E-state index in [4.69, 9.17) is 11.1 Å². The van der Waals surface area contributed by atoms with Gasteiger partial charge in [0.15, 0.2) is 0 Å². The zero-order valence-corrected chi connectivity index (χ0v) is 15.3. The quantitative estimate of drug-likeness (QED) is 0.455. The highest BCUT2D eigenvalue weighted by Gasteiger charge is 2.15. The first-order chi connectivity index (χ1) is 13.4. The summed E-state index contributed by atoms with van der Waals surface area (Å²) in [6.45, 7) is 5.16. The maximum atomic E-state index is 13.5. The Bertz CT molecular complexity index is 1130. The summed E-state index contributed by atoms with van der Waals surface area (Å²) in [6.07, 6.45) is 4.45. The van der Waals surface area contributed by atoms with Gasteiger partial charge in [0.25, 0.3) is 5.91 Å². The second kappa shape index (κ2) is 7.84. The summed E-state index contributed by atoms with van der Waals surface area (Å²) < 4.78 is 13.5. The van der Waals surface area contributed by atoms with E-state index in [1.54, 1.807) is 43.3 Å². The number of carbonyl (C=O) groups is 1. The van der Waals surface area contributed by atoms with Crippen molar-refractivity contribution in [2.75, 3.05) is 5.73 Å². The average Bonchev–Trinajstić information content (AvgIpc) is 2.67. The van der Waals surface area contributed by atoms with Crippen molar-refractivity contribution in [3.63, 3.8) is 0 Å². The molecule has 0 saturated carbocycles. The number of amides is 1. The molecule has 1 heterocycles. The van der Waals surface area contributed by atoms with Crippen LogP contribution in [0.3, 0.4) is 0 Å². The number of rotatable bonds is 5. The number of pyridine rings is 1. The van der Waals surface area contributed by atoms with Gasteiger partial charge in [0.1, 0.15) is 11.6 Å². The molecule has 0 aliphatic carbocycles. The Morgan fingerprint density at radius 2 is 1.96 bits per heavy atom. The van der Waals surface area contributed by atoms with Crippen molar-refractivity contribution in [1.29, 1.82) is 5.41 Å². The Kier molecular flexibility index (Phi) is 5.31. The molecular formula is C22H19FN4O. The molecule has 6 heteroatoms. The van der Waals surface area contributed by atoms with Crippen LogP contribution in [0.25, 0.3) is 21.9 Å². The first-order valence-electron chi connectivity index (χ1n) is 8.54. The van der Waals surface area contributed by atoms with Crippen molar-refractivity contribution < 1.29 is 9.18 Å². The first kappa shape index (κ1) is 19.0. The van der Waals surface area contributed by atoms with Crippen LogP contribution >= 0.6 is 0 Å². The van der Waals surface area contributed by atoms with Crippen molar-refractivity contribution in [1.82, 2.24) is 10.3 Å². The predicted octanol–water partition coefficient (Wildman–Crippen LogP) is 4.46. The zero-order valence-electron chi connectivity index (χ0n) is 15.3. The molecule has 0 unspecified atom stereocenters. The molecule has 0 bridgehead atoms. The number of hydrogen-bond donors (Lipinski definition) is 3. The minimum Gasteiger partial charge on any atom is -0.383 e. The molecule has 3 aromatic rings. The molecule has 0 radical (unpaired) electrons. The highest BCUT2D eigenvalue weighted by molar-refractivity contribution is 6.12. The molecule has 4 N–H and O–H groups in total. The molecule has 28 heavy (non-hydrogen) atoms. The number of benzene rings is 2. The number of halogens is 1. The van der Waals surface area contributed by atoms with Gasteiger partial charge in [-0.1, -0.05) is 36.9 Å². The van der Waals surface area contributed by atoms with E-state index in [1.165, 1.54) is 24.4 Å². The van der Waals surface area contributed by atoms with E-state index in [0.717, 1.165) is 5.56 Å². The SMILES string of the molecule is C=C/C=C(/NC(=O)c1cnc(N)c2cc(-c3cccc(F)c3)ccc12)C(C)=N. The lowest BCUT2D eigenvalue weighted by Gasteiger charge is -2.12. The van der Waals surface area contributed by atoms with E-state index >= 15 is 0 Å². The summed E-state index contributed by atoms with van der Waals surface area (Å²) >= 11 is 0. The van der Waals surface area contributed by atoms with Gasteiger partial charge in [0, 0.05) is 11.6 Å². The van der Waals surface area contributed by atoms with Crippen LogP contribution in [0.1, 0.15) is 17.3 Å². The van der Waals surface area contributed by atoms with Crippen molar-refractivity contribution in [2.45, 2.75) is 6.92 Å². The number of aromatic nitrogens is 1. The monoisotopic (exact) mass is 374 g/mol. The van der Waals surface area contributed by atoms with Gasteiger partial charge >= 0.3 is 0 Å². The van der Waals surface area contributed by atoms with E-state index < -0.39 is 5.91 Å². The van der Waals surface area contributed by atoms with Gasteiger partial charge in [0.05, 0.1) is 17.0 Å². The number of allylic oxidation sites excluding steroid dienone is 3. The molecule has 0 saturated heterocycles. The minimum absolute atomic E-state index is 0.203. The smallest absolute Gasteiger partial charge is 0.257 e. The molecule has 2 aromatic carbocycles. The average molecular weight is 374 g/mol. The van der Waals surface area contributed by atoms with Gasteiger partial charge in [-0.2, -0.15) is 0 Å². The summed E-state index contributed by atoms with van der Waals surface area (Å²) in [5.41, 5.74) is 8.37. The van der Waals surface area contributed by atoms with Crippen LogP contribution in [0.4, 0.5) is 10.2 Å². The highest BCUT2D eigenvalue weighted by Crippen LogP contribution is 2.29. The van der Waals surface area contributed by atoms with Gasteiger partial charge < -0.3 is 16.5 Å². The van der Waals surface area contributed by atoms with Crippen LogP contribution in [0.5, 0.6) is 0 Å². The second-order valence-corrected chi connectivity index (χ2v) is 6.22. The Labute approximate surface area is 161 Å². The fraction of sp³-hybridized carbons (Fsp3) is 0.0455. The van der Waals surface area contributed by atoms with Gasteiger partial charge in [-0.15, -0.1) is 0 Å². The fourth-order valence-electron chi connectivity index (χ4n) is 2.86. The van der Waals surface area contributed by atoms with Crippen molar-refractivity contribution >= 4 is 28.2 Å². The number of hydrogen-bond acceptors (Lipinski definition) is 4. The molecule has 140 valence electrons. The summed E-state index contributed by atoms with van der Waals surface area (Å²) in [5.74, 6) is -0.467. The Morgan fingerprint density at radius 3 is 2.64 bits per heavy atom. The highest BCUT2D eigenvalue weighted by atomic mass is 19.1. The number of anilines is 1. The fourth-order valence-corrected chi connectivity index (χ4v) is 2.86. The normalized spacial score (nSPS) is 11.3. The number of fused-ring (bicyclic) bond motifs is 1. The minimum atomic E-state index is -0.407. The van der Waals surface area contributed by atoms with E-state index in [2.05, 4.69) is 16.9 Å². The van der Waals surface area contributed by atoms with E-state index in [9.17, 15) is 9.18 Å². The third-order valence-corrected chi connectivity index (χ3v) is 4.26. The zero-order chi connectivity index (χ0) is 20.3. The predicted molar refractivity (Wildman–Crippen MR) is 111 cm³/mol. The number of carbonyl (C=O) groups excluding carboxylic acids is 1. The largest absolute Gasteiger partial charge is 0.383 e. The van der Waals surface area contributed by atoms with Gasteiger partial charge in [-0.25, -0.2) is 9.37 Å². The lowest BCUT2D eigenvalue weighted by molar-refractivity contribution is 0.0969. The molecule has 0 spiro atoms. The first-order valence-corrected chi connectivity index (χ1v) is 8.54. The third-order valence-electron chi connectivity index (χ3n) is 4.26. The van der Waals surface area contributed by atoms with Gasteiger partial charge in [-0.05, 0) is 47.7 Å². The lowest BCUT2D eigenvalue weighted by atomic mass is 9.99. The molecule has 0 fully saturated rings. The van der Waals surface area contributed by atoms with E-state index in [-0.39, 0.29) is 17.3 Å². The van der Waals surface area contributed by atoms with Crippen molar-refractivity contribution in [3.8, 4) is 11.1 Å². The number of nitrogens with two attached hydrogens (primary N) is 1. The lowest BCUT2D eigenvalue weighted by Crippen LogP contribution is -2.26. The van der Waals surface area contributed by atoms with Gasteiger partial charge in [0.2, 0.25) is 0 Å². The van der Waals surface area contributed by atoms with Crippen LogP contribution in [-0.4, -0.2) is 16.6 Å². The molecule has 0 aliphatic rings. The Morgan fingerprint density at radius 1 is 1.21 bits per heavy atom. The topological polar surface area (TPSA) is 91.9 Å². The summed E-state index contributed by atoms with van der Waals surface area (Å²) in [7, 11) is 0. The maximum Gasteiger partial charge on any atom is 0.257 e. The number of nitrogens with zero attached hydrogens (tertiary/aromatic N) is 1. The summed E-state index contributed by atoms with van der Waals surface area (Å²) in [5, 5.41) is 11.7. The molecule has 0 aliphatic heterocycles.